The van der Waals surface area contributed by atoms with Gasteiger partial charge in [-0.3, -0.25) is 0 Å². The van der Waals surface area contributed by atoms with Gasteiger partial charge in [0.2, 0.25) is 0 Å². The average molecular weight is 156 g/mol. The van der Waals surface area contributed by atoms with Gasteiger partial charge < -0.3 is 0 Å². The van der Waals surface area contributed by atoms with Crippen LogP contribution in [0.3, 0.4) is 0 Å². The molecule has 0 aromatic carbocycles. The predicted molar refractivity (Wildman–Crippen MR) is 46.2 cm³/mol. The van der Waals surface area contributed by atoms with Gasteiger partial charge >= 0.3 is 0 Å². The molecule has 0 N–H and O–H groups in total. The van der Waals surface area contributed by atoms with Gasteiger partial charge in [-0.25, -0.2) is 4.39 Å². The fourth-order valence-electron chi connectivity index (χ4n) is 1.91. The summed E-state index contributed by atoms with van der Waals surface area (Å²) in [6.07, 6.45) is 1.72. The van der Waals surface area contributed by atoms with Crippen LogP contribution in [-0.4, -0.2) is 6.17 Å². The molecule has 1 aliphatic carbocycles. The molecule has 1 aliphatic rings. The van der Waals surface area contributed by atoms with E-state index in [1.807, 2.05) is 0 Å². The Kier molecular flexibility index (Phi) is 2.69. The van der Waals surface area contributed by atoms with Crippen LogP contribution < -0.4 is 0 Å². The number of rotatable bonds is 1. The summed E-state index contributed by atoms with van der Waals surface area (Å²) in [7, 11) is 0. The molecule has 0 bridgehead atoms. The van der Waals surface area contributed by atoms with Crippen molar-refractivity contribution >= 4 is 0 Å². The number of hydrogen-bond donors (Lipinski definition) is 0. The third-order valence-electron chi connectivity index (χ3n) is 2.60. The molecule has 2 unspecified atom stereocenters. The summed E-state index contributed by atoms with van der Waals surface area (Å²) in [5, 5.41) is 0. The molecule has 0 radical (unpaired) electrons. The van der Waals surface area contributed by atoms with Crippen LogP contribution in [0, 0.1) is 11.8 Å². The Balaban J connectivity index is 2.51. The second-order valence-corrected chi connectivity index (χ2v) is 3.89. The Bertz CT molecular complexity index is 149. The predicted octanol–water partition coefficient (Wildman–Crippen LogP) is 3.34. The molecule has 2 atom stereocenters. The van der Waals surface area contributed by atoms with Crippen molar-refractivity contribution in [1.82, 2.24) is 0 Å². The highest BCUT2D eigenvalue weighted by molar-refractivity contribution is 5.06. The van der Waals surface area contributed by atoms with E-state index in [0.717, 1.165) is 18.4 Å². The van der Waals surface area contributed by atoms with Crippen LogP contribution in [0.1, 0.15) is 33.1 Å². The minimum Gasteiger partial charge on any atom is -0.247 e. The Morgan fingerprint density at radius 1 is 1.45 bits per heavy atom. The molecule has 1 heteroatoms. The monoisotopic (exact) mass is 156 g/mol. The molecular weight excluding hydrogens is 139 g/mol. The molecule has 1 rings (SSSR count). The van der Waals surface area contributed by atoms with Gasteiger partial charge in [-0.05, 0) is 31.1 Å². The molecule has 0 saturated heterocycles. The molecule has 0 aromatic heterocycles. The molecule has 1 saturated carbocycles. The van der Waals surface area contributed by atoms with Gasteiger partial charge in [0.25, 0.3) is 0 Å². The van der Waals surface area contributed by atoms with Crippen molar-refractivity contribution in [1.29, 1.82) is 0 Å². The van der Waals surface area contributed by atoms with Crippen LogP contribution in [0.15, 0.2) is 12.2 Å². The molecule has 64 valence electrons. The second kappa shape index (κ2) is 3.38. The van der Waals surface area contributed by atoms with E-state index >= 15 is 0 Å². The van der Waals surface area contributed by atoms with E-state index in [2.05, 4.69) is 20.4 Å². The SMILES string of the molecule is C=C1CC(F)CCC1C(C)C. The van der Waals surface area contributed by atoms with Gasteiger partial charge in [0, 0.05) is 0 Å². The second-order valence-electron chi connectivity index (χ2n) is 3.89. The van der Waals surface area contributed by atoms with E-state index in [1.165, 1.54) is 0 Å². The average Bonchev–Trinajstić information content (AvgIpc) is 1.85. The van der Waals surface area contributed by atoms with Crippen molar-refractivity contribution in [2.45, 2.75) is 39.3 Å². The fourth-order valence-corrected chi connectivity index (χ4v) is 1.91. The molecule has 11 heavy (non-hydrogen) atoms. The van der Waals surface area contributed by atoms with Gasteiger partial charge in [-0.15, -0.1) is 0 Å². The normalized spacial score (nSPS) is 32.9. The zero-order valence-electron chi connectivity index (χ0n) is 7.44. The maximum Gasteiger partial charge on any atom is 0.104 e. The van der Waals surface area contributed by atoms with Crippen molar-refractivity contribution in [2.75, 3.05) is 0 Å². The first-order valence-electron chi connectivity index (χ1n) is 4.43. The quantitative estimate of drug-likeness (QED) is 0.511. The van der Waals surface area contributed by atoms with Gasteiger partial charge in [0.05, 0.1) is 0 Å². The lowest BCUT2D eigenvalue weighted by molar-refractivity contribution is 0.231. The fraction of sp³-hybridized carbons (Fsp3) is 0.800. The van der Waals surface area contributed by atoms with Crippen LogP contribution in [0.25, 0.3) is 0 Å². The van der Waals surface area contributed by atoms with Crippen LogP contribution in [0.2, 0.25) is 0 Å². The van der Waals surface area contributed by atoms with Crippen molar-refractivity contribution in [2.24, 2.45) is 11.8 Å². The zero-order chi connectivity index (χ0) is 8.43. The topological polar surface area (TPSA) is 0 Å². The first-order chi connectivity index (χ1) is 5.11. The Morgan fingerprint density at radius 2 is 2.09 bits per heavy atom. The number of hydrogen-bond acceptors (Lipinski definition) is 0. The van der Waals surface area contributed by atoms with Crippen molar-refractivity contribution in [3.8, 4) is 0 Å². The summed E-state index contributed by atoms with van der Waals surface area (Å²) in [5.74, 6) is 1.21. The summed E-state index contributed by atoms with van der Waals surface area (Å²) in [6, 6.07) is 0. The lowest BCUT2D eigenvalue weighted by Gasteiger charge is -2.29. The number of alkyl halides is 1. The molecular formula is C10H17F. The van der Waals surface area contributed by atoms with E-state index in [-0.39, 0.29) is 0 Å². The number of allylic oxidation sites excluding steroid dienone is 1. The zero-order valence-corrected chi connectivity index (χ0v) is 7.44. The summed E-state index contributed by atoms with van der Waals surface area (Å²) in [6.45, 7) is 8.31. The van der Waals surface area contributed by atoms with E-state index in [9.17, 15) is 4.39 Å². The number of halogens is 1. The molecule has 0 heterocycles. The van der Waals surface area contributed by atoms with Crippen LogP contribution >= 0.6 is 0 Å². The summed E-state index contributed by atoms with van der Waals surface area (Å²) in [4.78, 5) is 0. The Labute approximate surface area is 68.5 Å². The molecule has 0 amide bonds. The van der Waals surface area contributed by atoms with E-state index < -0.39 is 6.17 Å². The third kappa shape index (κ3) is 2.05. The van der Waals surface area contributed by atoms with E-state index in [1.54, 1.807) is 0 Å². The van der Waals surface area contributed by atoms with Gasteiger partial charge in [0.15, 0.2) is 0 Å². The summed E-state index contributed by atoms with van der Waals surface area (Å²) in [5.41, 5.74) is 1.12. The van der Waals surface area contributed by atoms with E-state index in [4.69, 9.17) is 0 Å². The van der Waals surface area contributed by atoms with Crippen molar-refractivity contribution < 1.29 is 4.39 Å². The van der Waals surface area contributed by atoms with E-state index in [0.29, 0.717) is 18.3 Å². The van der Waals surface area contributed by atoms with Crippen LogP contribution in [-0.2, 0) is 0 Å². The maximum atomic E-state index is 12.8. The minimum atomic E-state index is -0.613. The lowest BCUT2D eigenvalue weighted by Crippen LogP contribution is -2.21. The third-order valence-corrected chi connectivity index (χ3v) is 2.60. The molecule has 0 aliphatic heterocycles. The summed E-state index contributed by atoms with van der Waals surface area (Å²) >= 11 is 0. The smallest absolute Gasteiger partial charge is 0.104 e. The minimum absolute atomic E-state index is 0.571. The standard InChI is InChI=1S/C10H17F/c1-7(2)10-5-4-9(11)6-8(10)3/h7,9-10H,3-6H2,1-2H3. The molecule has 1 fully saturated rings. The Hall–Kier alpha value is -0.330. The first kappa shape index (κ1) is 8.76. The summed E-state index contributed by atoms with van der Waals surface area (Å²) < 4.78 is 12.8. The van der Waals surface area contributed by atoms with Crippen LogP contribution in [0.4, 0.5) is 4.39 Å². The highest BCUT2D eigenvalue weighted by atomic mass is 19.1. The van der Waals surface area contributed by atoms with Gasteiger partial charge in [0.1, 0.15) is 6.17 Å². The van der Waals surface area contributed by atoms with Crippen molar-refractivity contribution in [3.63, 3.8) is 0 Å². The highest BCUT2D eigenvalue weighted by Crippen LogP contribution is 2.34. The maximum absolute atomic E-state index is 12.8. The lowest BCUT2D eigenvalue weighted by atomic mass is 9.78. The van der Waals surface area contributed by atoms with Gasteiger partial charge in [-0.2, -0.15) is 0 Å². The largest absolute Gasteiger partial charge is 0.247 e. The Morgan fingerprint density at radius 3 is 2.55 bits per heavy atom. The van der Waals surface area contributed by atoms with Gasteiger partial charge in [-0.1, -0.05) is 26.0 Å². The van der Waals surface area contributed by atoms with Crippen LogP contribution in [0.5, 0.6) is 0 Å². The first-order valence-corrected chi connectivity index (χ1v) is 4.43. The highest BCUT2D eigenvalue weighted by Gasteiger charge is 2.25. The molecule has 0 aromatic rings. The molecule has 0 nitrogen and oxygen atoms in total. The molecule has 0 spiro atoms. The van der Waals surface area contributed by atoms with Crippen molar-refractivity contribution in [3.05, 3.63) is 12.2 Å².